The summed E-state index contributed by atoms with van der Waals surface area (Å²) in [4.78, 5) is 9.35. The minimum Gasteiger partial charge on any atom is -0.325 e. The Balaban J connectivity index is 0.000000397. The average molecular weight is 521 g/mol. The molecule has 2 aromatic rings. The summed E-state index contributed by atoms with van der Waals surface area (Å²) in [6.07, 6.45) is 13.5. The molecule has 0 saturated heterocycles. The number of unbranched alkanes of at least 4 members (excludes halogenated alkanes) is 7. The highest BCUT2D eigenvalue weighted by Crippen LogP contribution is 2.25. The monoisotopic (exact) mass is 520 g/mol. The van der Waals surface area contributed by atoms with E-state index in [1.807, 2.05) is 0 Å². The van der Waals surface area contributed by atoms with Crippen LogP contribution in [0.5, 0.6) is 0 Å². The molecule has 0 aliphatic rings. The second-order valence-electron chi connectivity index (χ2n) is 10.2. The van der Waals surface area contributed by atoms with E-state index in [-0.39, 0.29) is 21.7 Å². The lowest BCUT2D eigenvalue weighted by Gasteiger charge is -2.31. The van der Waals surface area contributed by atoms with Crippen LogP contribution in [-0.2, 0) is 16.5 Å². The number of nitrogens with zero attached hydrogens (tertiary/aromatic N) is 1. The van der Waals surface area contributed by atoms with Crippen LogP contribution in [0, 0.1) is 23.0 Å². The maximum absolute atomic E-state index is 10.7. The molecule has 0 aromatic heterocycles. The van der Waals surface area contributed by atoms with E-state index in [1.54, 1.807) is 0 Å². The number of hydrogen-bond acceptors (Lipinski definition) is 5. The van der Waals surface area contributed by atoms with Crippen molar-refractivity contribution < 1.29 is 17.9 Å². The molecule has 3 N–H and O–H groups in total. The Bertz CT molecular complexity index is 1020. The van der Waals surface area contributed by atoms with Gasteiger partial charge in [0.15, 0.2) is 0 Å². The minimum absolute atomic E-state index is 0.0863. The number of nitrogens with two attached hydrogens (primary N) is 1. The van der Waals surface area contributed by atoms with Crippen molar-refractivity contribution in [1.82, 2.24) is 0 Å². The van der Waals surface area contributed by atoms with Gasteiger partial charge in [-0.05, 0) is 56.7 Å². The van der Waals surface area contributed by atoms with Crippen molar-refractivity contribution >= 4 is 15.8 Å². The van der Waals surface area contributed by atoms with Crippen LogP contribution in [0.15, 0.2) is 53.4 Å². The predicted octanol–water partition coefficient (Wildman–Crippen LogP) is 7.26. The zero-order valence-corrected chi connectivity index (χ0v) is 23.1. The molecule has 1 atom stereocenters. The summed E-state index contributed by atoms with van der Waals surface area (Å²) >= 11 is 0. The van der Waals surface area contributed by atoms with Crippen molar-refractivity contribution in [2.45, 2.75) is 102 Å². The van der Waals surface area contributed by atoms with E-state index in [0.29, 0.717) is 5.92 Å². The van der Waals surface area contributed by atoms with E-state index in [2.05, 4.69) is 51.1 Å². The first-order valence-corrected chi connectivity index (χ1v) is 14.4. The Kier molecular flexibility index (Phi) is 13.9. The molecule has 8 heteroatoms. The third-order valence-corrected chi connectivity index (χ3v) is 7.44. The van der Waals surface area contributed by atoms with Gasteiger partial charge in [0.2, 0.25) is 0 Å². The molecule has 0 amide bonds. The molecular formula is C28H44N2O5S. The van der Waals surface area contributed by atoms with Crippen molar-refractivity contribution in [3.8, 4) is 0 Å². The number of aryl methyl sites for hydroxylation is 1. The quantitative estimate of drug-likeness (QED) is 0.117. The van der Waals surface area contributed by atoms with Crippen LogP contribution < -0.4 is 5.73 Å². The molecule has 36 heavy (non-hydrogen) atoms. The number of non-ortho nitro benzene ring substituents is 1. The van der Waals surface area contributed by atoms with Crippen LogP contribution >= 0.6 is 0 Å². The van der Waals surface area contributed by atoms with Gasteiger partial charge in [0, 0.05) is 17.7 Å². The van der Waals surface area contributed by atoms with Crippen LogP contribution in [0.1, 0.15) is 89.7 Å². The van der Waals surface area contributed by atoms with Gasteiger partial charge in [0.25, 0.3) is 15.8 Å². The summed E-state index contributed by atoms with van der Waals surface area (Å²) in [6, 6.07) is 13.9. The number of hydrogen-bond donors (Lipinski definition) is 2. The average Bonchev–Trinajstić information content (AvgIpc) is 2.79. The van der Waals surface area contributed by atoms with Crippen LogP contribution in [-0.4, -0.2) is 23.4 Å². The lowest BCUT2D eigenvalue weighted by molar-refractivity contribution is -0.385. The van der Waals surface area contributed by atoms with Gasteiger partial charge in [0.05, 0.1) is 9.82 Å². The second-order valence-corrected chi connectivity index (χ2v) is 11.5. The normalized spacial score (nSPS) is 12.5. The Labute approximate surface area is 217 Å². The maximum Gasteiger partial charge on any atom is 0.294 e. The Morgan fingerprint density at radius 2 is 1.53 bits per heavy atom. The highest BCUT2D eigenvalue weighted by molar-refractivity contribution is 7.85. The molecule has 0 aliphatic heterocycles. The largest absolute Gasteiger partial charge is 0.325 e. The lowest BCUT2D eigenvalue weighted by Crippen LogP contribution is -2.42. The van der Waals surface area contributed by atoms with E-state index >= 15 is 0 Å². The fourth-order valence-corrected chi connectivity index (χ4v) is 4.90. The van der Waals surface area contributed by atoms with Gasteiger partial charge in [-0.1, -0.05) is 88.6 Å². The van der Waals surface area contributed by atoms with Crippen molar-refractivity contribution in [3.05, 3.63) is 69.8 Å². The van der Waals surface area contributed by atoms with Crippen LogP contribution in [0.3, 0.4) is 0 Å². The molecule has 1 unspecified atom stereocenters. The zero-order chi connectivity index (χ0) is 27.2. The van der Waals surface area contributed by atoms with E-state index < -0.39 is 15.0 Å². The number of benzene rings is 2. The van der Waals surface area contributed by atoms with E-state index in [4.69, 9.17) is 10.3 Å². The summed E-state index contributed by atoms with van der Waals surface area (Å²) in [6.45, 7) is 8.02. The summed E-state index contributed by atoms with van der Waals surface area (Å²) in [5.41, 5.74) is 7.69. The van der Waals surface area contributed by atoms with Crippen LogP contribution in [0.2, 0.25) is 0 Å². The van der Waals surface area contributed by atoms with E-state index in [0.717, 1.165) is 24.6 Å². The third-order valence-electron chi connectivity index (χ3n) is 6.43. The lowest BCUT2D eigenvalue weighted by atomic mass is 9.80. The molecule has 0 spiro atoms. The van der Waals surface area contributed by atoms with Gasteiger partial charge >= 0.3 is 0 Å². The fraction of sp³-hybridized carbons (Fsp3) is 0.571. The van der Waals surface area contributed by atoms with Crippen molar-refractivity contribution in [3.63, 3.8) is 0 Å². The Morgan fingerprint density at radius 1 is 0.972 bits per heavy atom. The van der Waals surface area contributed by atoms with Gasteiger partial charge in [-0.3, -0.25) is 14.7 Å². The summed E-state index contributed by atoms with van der Waals surface area (Å²) < 4.78 is 30.1. The molecule has 0 heterocycles. The highest BCUT2D eigenvalue weighted by atomic mass is 32.2. The fourth-order valence-electron chi connectivity index (χ4n) is 4.20. The van der Waals surface area contributed by atoms with Gasteiger partial charge in [-0.2, -0.15) is 8.42 Å². The molecule has 0 radical (unpaired) electrons. The smallest absolute Gasteiger partial charge is 0.294 e. The first-order valence-electron chi connectivity index (χ1n) is 12.9. The predicted molar refractivity (Wildman–Crippen MR) is 147 cm³/mol. The summed E-state index contributed by atoms with van der Waals surface area (Å²) in [5, 5.41) is 10.3. The van der Waals surface area contributed by atoms with E-state index in [1.165, 1.54) is 70.3 Å². The molecule has 0 bridgehead atoms. The number of rotatable bonds is 14. The Morgan fingerprint density at radius 3 is 2.00 bits per heavy atom. The van der Waals surface area contributed by atoms with Gasteiger partial charge < -0.3 is 5.73 Å². The summed E-state index contributed by atoms with van der Waals surface area (Å²) in [7, 11) is -4.30. The first kappa shape index (κ1) is 31.7. The zero-order valence-electron chi connectivity index (χ0n) is 22.3. The molecule has 0 aliphatic carbocycles. The molecule has 2 rings (SSSR count). The Hall–Kier alpha value is -2.29. The van der Waals surface area contributed by atoms with Crippen LogP contribution in [0.4, 0.5) is 5.69 Å². The SMILES string of the molecule is CCCCCCCCCCC(Cc1ccccc1)C(C)(C)N.Cc1cc([N+](=O)[O-])ccc1S(=O)(=O)O. The topological polar surface area (TPSA) is 124 Å². The van der Waals surface area contributed by atoms with Gasteiger partial charge in [-0.25, -0.2) is 0 Å². The number of nitro benzene ring substituents is 1. The molecule has 202 valence electrons. The van der Waals surface area contributed by atoms with E-state index in [9.17, 15) is 18.5 Å². The molecule has 0 saturated carbocycles. The molecular weight excluding hydrogens is 476 g/mol. The van der Waals surface area contributed by atoms with Crippen LogP contribution in [0.25, 0.3) is 0 Å². The second kappa shape index (κ2) is 15.7. The number of nitro groups is 1. The van der Waals surface area contributed by atoms with Crippen molar-refractivity contribution in [2.24, 2.45) is 11.7 Å². The summed E-state index contributed by atoms with van der Waals surface area (Å²) in [5.74, 6) is 0.579. The minimum atomic E-state index is -4.30. The molecule has 7 nitrogen and oxygen atoms in total. The van der Waals surface area contributed by atoms with Crippen molar-refractivity contribution in [2.75, 3.05) is 0 Å². The van der Waals surface area contributed by atoms with Crippen molar-refractivity contribution in [1.29, 1.82) is 0 Å². The standard InChI is InChI=1S/C21H37N.C7H7NO5S/c1-4-5-6-7-8-9-10-14-17-20(21(2,3)22)18-19-15-12-11-13-16-19;1-5-4-6(8(9)10)2-3-7(5)14(11,12)13/h11-13,15-16,20H,4-10,14,17-18,22H2,1-3H3;2-4H,1H3,(H,11,12,13). The first-order chi connectivity index (χ1) is 16.9. The maximum atomic E-state index is 10.7. The van der Waals surface area contributed by atoms with Gasteiger partial charge in [0.1, 0.15) is 0 Å². The molecule has 2 aromatic carbocycles. The third kappa shape index (κ3) is 12.6. The highest BCUT2D eigenvalue weighted by Gasteiger charge is 2.24. The van der Waals surface area contributed by atoms with Gasteiger partial charge in [-0.15, -0.1) is 0 Å². The molecule has 0 fully saturated rings.